The summed E-state index contributed by atoms with van der Waals surface area (Å²) in [5.74, 6) is -6.25. The number of benzene rings is 19. The zero-order chi connectivity index (χ0) is 92.4. The summed E-state index contributed by atoms with van der Waals surface area (Å²) in [4.78, 5) is 15.9. The zero-order valence-corrected chi connectivity index (χ0v) is 75.2. The Bertz CT molecular complexity index is 8720. The molecule has 0 spiro atoms. The molecule has 0 aliphatic carbocycles. The van der Waals surface area contributed by atoms with Crippen LogP contribution in [0.1, 0.15) is 0 Å². The Morgan fingerprint density at radius 2 is 0.496 bits per heavy atom. The van der Waals surface area contributed by atoms with Crippen LogP contribution >= 0.6 is 22.7 Å². The van der Waals surface area contributed by atoms with Crippen LogP contribution in [-0.4, -0.2) is 24.7 Å². The summed E-state index contributed by atoms with van der Waals surface area (Å²) >= 11 is 3.28. The second-order valence-electron chi connectivity index (χ2n) is 35.8. The summed E-state index contributed by atoms with van der Waals surface area (Å²) < 4.78 is 140. The fraction of sp³-hybridized carbons (Fsp3) is 0. The van der Waals surface area contributed by atoms with Crippen molar-refractivity contribution in [3.8, 4) is 5.69 Å². The first-order valence-corrected chi connectivity index (χ1v) is 47.8. The summed E-state index contributed by atoms with van der Waals surface area (Å²) in [5.41, 5.74) is 16.8. The molecule has 0 fully saturated rings. The van der Waals surface area contributed by atoms with E-state index in [0.29, 0.717) is 83.4 Å². The summed E-state index contributed by atoms with van der Waals surface area (Å²) in [6, 6.07) is 132. The van der Waals surface area contributed by atoms with Crippen LogP contribution in [0.5, 0.6) is 0 Å². The van der Waals surface area contributed by atoms with Crippen LogP contribution in [-0.2, 0) is 0 Å². The molecule has 6 aliphatic heterocycles. The van der Waals surface area contributed by atoms with Crippen molar-refractivity contribution in [2.24, 2.45) is 0 Å². The average Bonchev–Trinajstić information content (AvgIpc) is 1.57. The molecule has 28 rings (SSSR count). The highest BCUT2D eigenvalue weighted by molar-refractivity contribution is 7.34. The Labute approximate surface area is 802 Å². The highest BCUT2D eigenvalue weighted by Gasteiger charge is 2.55. The Hall–Kier alpha value is -17.0. The van der Waals surface area contributed by atoms with Gasteiger partial charge in [0.1, 0.15) is 57.8 Å². The molecule has 19 aromatic carbocycles. The molecule has 0 saturated heterocycles. The fourth-order valence-electron chi connectivity index (χ4n) is 23.1. The highest BCUT2D eigenvalue weighted by atomic mass is 32.1. The topological polar surface area (TPSA) is 30.9 Å². The quantitative estimate of drug-likeness (QED) is 0.0786. The van der Waals surface area contributed by atoms with Crippen molar-refractivity contribution in [3.05, 3.63) is 459 Å². The molecule has 0 atom stereocenters. The van der Waals surface area contributed by atoms with Crippen molar-refractivity contribution >= 4 is 269 Å². The molecule has 9 nitrogen and oxygen atoms in total. The van der Waals surface area contributed by atoms with E-state index in [1.54, 1.807) is 43.4 Å². The van der Waals surface area contributed by atoms with Crippen LogP contribution in [0.15, 0.2) is 419 Å². The van der Waals surface area contributed by atoms with E-state index in [0.717, 1.165) is 97.5 Å². The minimum Gasteiger partial charge on any atom is -0.310 e. The molecule has 656 valence electrons. The minimum absolute atomic E-state index is 0.179. The largest absolute Gasteiger partial charge is 0.310 e. The molecule has 21 heteroatoms. The summed E-state index contributed by atoms with van der Waals surface area (Å²) in [6.07, 6.45) is 0. The van der Waals surface area contributed by atoms with Crippen molar-refractivity contribution in [1.29, 1.82) is 0 Å². The minimum atomic E-state index is -1.17. The third kappa shape index (κ3) is 11.8. The van der Waals surface area contributed by atoms with E-state index in [9.17, 15) is 0 Å². The molecule has 3 aromatic heterocycles. The second kappa shape index (κ2) is 31.0. The van der Waals surface area contributed by atoms with Crippen LogP contribution in [0.3, 0.4) is 0 Å². The average molecular weight is 1840 g/mol. The number of para-hydroxylation sites is 12. The van der Waals surface area contributed by atoms with Gasteiger partial charge >= 0.3 is 0 Å². The van der Waals surface area contributed by atoms with Crippen LogP contribution < -0.4 is 87.0 Å². The Morgan fingerprint density at radius 3 is 0.899 bits per heavy atom. The maximum absolute atomic E-state index is 19.5. The number of hydrogen-bond donors (Lipinski definition) is 0. The number of hydrogen-bond acceptors (Lipinski definition) is 10. The Balaban J connectivity index is 0.826. The number of rotatable bonds is 14. The summed E-state index contributed by atoms with van der Waals surface area (Å²) in [6.45, 7) is -2.71. The lowest BCUT2D eigenvalue weighted by Gasteiger charge is -2.48. The molecule has 0 amide bonds. The normalized spacial score (nSPS) is 13.2. The Kier molecular flexibility index (Phi) is 18.0. The van der Waals surface area contributed by atoms with Gasteiger partial charge in [-0.1, -0.05) is 224 Å². The zero-order valence-electron chi connectivity index (χ0n) is 73.6. The molecule has 0 N–H and O–H groups in total. The monoisotopic (exact) mass is 1840 g/mol. The van der Waals surface area contributed by atoms with Gasteiger partial charge < -0.3 is 43.8 Å². The maximum atomic E-state index is 19.5. The van der Waals surface area contributed by atoms with Crippen LogP contribution in [0.25, 0.3) is 47.7 Å². The summed E-state index contributed by atoms with van der Waals surface area (Å²) in [5, 5.41) is 2.76. The maximum Gasteiger partial charge on any atom is 0.264 e. The molecule has 9 heterocycles. The van der Waals surface area contributed by atoms with Gasteiger partial charge in [0.25, 0.3) is 20.1 Å². The third-order valence-corrected chi connectivity index (χ3v) is 30.8. The molecular weight excluding hydrogens is 1770 g/mol. The lowest BCUT2D eigenvalue weighted by Crippen LogP contribution is -2.66. The predicted octanol–water partition coefficient (Wildman–Crippen LogP) is 27.4. The van der Waals surface area contributed by atoms with Gasteiger partial charge in [-0.05, 0) is 232 Å². The molecular formula is C118H69B3F7N9S2. The molecule has 22 aromatic rings. The second-order valence-corrected chi connectivity index (χ2v) is 37.9. The number of thiophene rings is 2. The molecule has 0 radical (unpaired) electrons. The third-order valence-electron chi connectivity index (χ3n) is 28.4. The molecule has 139 heavy (non-hydrogen) atoms. The lowest BCUT2D eigenvalue weighted by molar-refractivity contribution is 0.585. The first-order valence-electron chi connectivity index (χ1n) is 46.1. The standard InChI is InChI=1S/C118H69B3F7N9S2/c122-88-52-29-51-83-105-112-86(68-87-113(105)136(109(83)88)102-66-79(130(72-37-13-3-14-38-72)73-39-15-4-16-40-73)62-98-108(102)121(87)118-111(82-50-26-28-60-104(82)139-118)133(98)77-47-23-8-24-48-77)119-84-67-85-96(69-95(84)134(114-89(123)53-30-54-90(114)124)99-63-80(131(74-41-17-5-18-42-74)75-43-19-6-20-44-75)65-101(106(99)119)137(112)116-93(127)57-32-58-94(116)128)135(115-91(125)55-31-56-92(115)126)100-64-78(129(70-33-9-1-10-34-70)71-35-11-2-12-36-71)61-97-107(100)120(85)117-110(81-49-25-27-59-103(81)138-117)132(97)76-45-21-7-22-46-76/h1-69H. The van der Waals surface area contributed by atoms with Crippen molar-refractivity contribution < 1.29 is 30.7 Å². The number of aromatic nitrogens is 1. The van der Waals surface area contributed by atoms with Crippen molar-refractivity contribution in [2.75, 3.05) is 39.2 Å². The molecule has 6 aliphatic rings. The molecule has 0 saturated carbocycles. The summed E-state index contributed by atoms with van der Waals surface area (Å²) in [7, 11) is 0. The van der Waals surface area contributed by atoms with Crippen molar-refractivity contribution in [3.63, 3.8) is 0 Å². The van der Waals surface area contributed by atoms with Gasteiger partial charge in [0.05, 0.1) is 45.2 Å². The molecule has 0 unspecified atom stereocenters. The van der Waals surface area contributed by atoms with Crippen LogP contribution in [0, 0.1) is 40.7 Å². The van der Waals surface area contributed by atoms with Gasteiger partial charge in [0, 0.05) is 131 Å². The van der Waals surface area contributed by atoms with Gasteiger partial charge in [0.2, 0.25) is 0 Å². The van der Waals surface area contributed by atoms with Gasteiger partial charge in [0.15, 0.2) is 0 Å². The highest BCUT2D eigenvalue weighted by Crippen LogP contribution is 2.59. The number of fused-ring (bicyclic) bond motifs is 20. The fourth-order valence-corrected chi connectivity index (χ4v) is 25.7. The van der Waals surface area contributed by atoms with E-state index in [1.165, 1.54) is 60.7 Å². The van der Waals surface area contributed by atoms with Crippen LogP contribution in [0.4, 0.5) is 167 Å². The lowest BCUT2D eigenvalue weighted by atomic mass is 9.30. The van der Waals surface area contributed by atoms with E-state index in [4.69, 9.17) is 0 Å². The van der Waals surface area contributed by atoms with E-state index >= 15 is 30.7 Å². The number of halogens is 7. The molecule has 0 bridgehead atoms. The van der Waals surface area contributed by atoms with Gasteiger partial charge in [-0.25, -0.2) is 30.7 Å². The van der Waals surface area contributed by atoms with Gasteiger partial charge in [-0.3, -0.25) is 0 Å². The van der Waals surface area contributed by atoms with E-state index < -0.39 is 77.9 Å². The first-order chi connectivity index (χ1) is 68.5. The van der Waals surface area contributed by atoms with Gasteiger partial charge in [-0.15, -0.1) is 22.7 Å². The number of anilines is 24. The SMILES string of the molecule is Fc1cccc(F)c1N1c2cc3c(cc2B2c4sc5ccccc5c4N(c4ccccc4)c4cc(N(c5ccccc5)c5ccccc5)cc1c42)B1c2cc4c5c(c2N(c2c(F)cccc2F)c2cc(N(c6ccccc6)c6ccccc6)cc(c21)N3c1c(F)cccc1F)c1cccc(F)c1n5-c1cc(N(c2ccccc2)c2ccccc2)cc2c1B4c1sc3ccccc3c1N2c1ccccc1. The van der Waals surface area contributed by atoms with Gasteiger partial charge in [-0.2, -0.15) is 0 Å². The van der Waals surface area contributed by atoms with Crippen molar-refractivity contribution in [1.82, 2.24) is 4.57 Å². The van der Waals surface area contributed by atoms with Crippen LogP contribution in [0.2, 0.25) is 0 Å². The van der Waals surface area contributed by atoms with E-state index in [1.807, 2.05) is 241 Å². The Morgan fingerprint density at radius 1 is 0.201 bits per heavy atom. The van der Waals surface area contributed by atoms with E-state index in [2.05, 4.69) is 139 Å². The predicted molar refractivity (Wildman–Crippen MR) is 563 cm³/mol. The van der Waals surface area contributed by atoms with E-state index in [-0.39, 0.29) is 34.0 Å². The van der Waals surface area contributed by atoms with Crippen molar-refractivity contribution in [2.45, 2.75) is 0 Å². The first kappa shape index (κ1) is 80.5. The smallest absolute Gasteiger partial charge is 0.264 e. The number of nitrogens with zero attached hydrogens (tertiary/aromatic N) is 9.